The molecule has 1 aromatic carbocycles. The monoisotopic (exact) mass is 307 g/mol. The highest BCUT2D eigenvalue weighted by Gasteiger charge is 2.24. The highest BCUT2D eigenvalue weighted by molar-refractivity contribution is 9.10. The quantitative estimate of drug-likeness (QED) is 0.878. The Balaban J connectivity index is 1.99. The number of rotatable bonds is 1. The zero-order valence-corrected chi connectivity index (χ0v) is 12.2. The molecular formula is C14H18BrN3. The molecule has 3 nitrogen and oxygen atoms in total. The second-order valence-corrected chi connectivity index (χ2v) is 6.19. The van der Waals surface area contributed by atoms with Gasteiger partial charge in [0.05, 0.1) is 11.0 Å². The second-order valence-electron chi connectivity index (χ2n) is 5.27. The molecule has 0 atom stereocenters. The number of imidazole rings is 1. The van der Waals surface area contributed by atoms with Crippen LogP contribution in [-0.4, -0.2) is 15.6 Å². The van der Waals surface area contributed by atoms with Gasteiger partial charge in [0.2, 0.25) is 0 Å². The maximum Gasteiger partial charge on any atom is 0.112 e. The fourth-order valence-electron chi connectivity index (χ4n) is 2.93. The van der Waals surface area contributed by atoms with Crippen LogP contribution in [0.1, 0.15) is 37.4 Å². The summed E-state index contributed by atoms with van der Waals surface area (Å²) in [6, 6.07) is 6.69. The zero-order valence-electron chi connectivity index (χ0n) is 10.6. The van der Waals surface area contributed by atoms with Crippen molar-refractivity contribution in [2.45, 2.75) is 37.6 Å². The number of hydrogen-bond acceptors (Lipinski definition) is 2. The van der Waals surface area contributed by atoms with Gasteiger partial charge in [-0.1, -0.05) is 15.9 Å². The SMILES string of the molecule is Cn1c(C2CCC(N)CC2)nc2cc(Br)ccc21. The van der Waals surface area contributed by atoms with Crippen molar-refractivity contribution in [1.29, 1.82) is 0 Å². The molecule has 1 fully saturated rings. The Morgan fingerprint density at radius 3 is 2.72 bits per heavy atom. The van der Waals surface area contributed by atoms with E-state index < -0.39 is 0 Å². The summed E-state index contributed by atoms with van der Waals surface area (Å²) in [5.74, 6) is 1.79. The lowest BCUT2D eigenvalue weighted by Gasteiger charge is -2.25. The summed E-state index contributed by atoms with van der Waals surface area (Å²) in [6.45, 7) is 0. The number of fused-ring (bicyclic) bond motifs is 1. The third-order valence-electron chi connectivity index (χ3n) is 4.01. The van der Waals surface area contributed by atoms with Gasteiger partial charge in [-0.25, -0.2) is 4.98 Å². The minimum Gasteiger partial charge on any atom is -0.331 e. The van der Waals surface area contributed by atoms with Gasteiger partial charge in [0.15, 0.2) is 0 Å². The van der Waals surface area contributed by atoms with Crippen LogP contribution in [0.25, 0.3) is 11.0 Å². The first kappa shape index (κ1) is 12.2. The first-order valence-corrected chi connectivity index (χ1v) is 7.32. The van der Waals surface area contributed by atoms with Crippen molar-refractivity contribution in [3.8, 4) is 0 Å². The fraction of sp³-hybridized carbons (Fsp3) is 0.500. The normalized spacial score (nSPS) is 24.6. The molecule has 18 heavy (non-hydrogen) atoms. The summed E-state index contributed by atoms with van der Waals surface area (Å²) >= 11 is 3.50. The van der Waals surface area contributed by atoms with Gasteiger partial charge in [-0.2, -0.15) is 0 Å². The summed E-state index contributed by atoms with van der Waals surface area (Å²) in [6.07, 6.45) is 4.58. The first-order chi connectivity index (χ1) is 8.65. The molecule has 4 heteroatoms. The number of halogens is 1. The van der Waals surface area contributed by atoms with Crippen LogP contribution in [0.4, 0.5) is 0 Å². The van der Waals surface area contributed by atoms with Crippen molar-refractivity contribution in [3.63, 3.8) is 0 Å². The largest absolute Gasteiger partial charge is 0.331 e. The summed E-state index contributed by atoms with van der Waals surface area (Å²) < 4.78 is 3.33. The van der Waals surface area contributed by atoms with Gasteiger partial charge < -0.3 is 10.3 Å². The van der Waals surface area contributed by atoms with Crippen LogP contribution in [0.3, 0.4) is 0 Å². The van der Waals surface area contributed by atoms with E-state index in [2.05, 4.69) is 45.7 Å². The molecule has 0 radical (unpaired) electrons. The van der Waals surface area contributed by atoms with Crippen molar-refractivity contribution in [1.82, 2.24) is 9.55 Å². The van der Waals surface area contributed by atoms with E-state index >= 15 is 0 Å². The number of benzene rings is 1. The standard InChI is InChI=1S/C14H18BrN3/c1-18-13-7-4-10(15)8-12(13)17-14(18)9-2-5-11(16)6-3-9/h4,7-9,11H,2-3,5-6,16H2,1H3. The summed E-state index contributed by atoms with van der Waals surface area (Å²) in [4.78, 5) is 4.81. The molecule has 0 saturated heterocycles. The molecule has 1 saturated carbocycles. The predicted molar refractivity (Wildman–Crippen MR) is 77.6 cm³/mol. The Kier molecular flexibility index (Phi) is 3.16. The Hall–Kier alpha value is -0.870. The van der Waals surface area contributed by atoms with E-state index in [1.165, 1.54) is 24.2 Å². The molecule has 0 unspecified atom stereocenters. The molecule has 0 aliphatic heterocycles. The number of aromatic nitrogens is 2. The van der Waals surface area contributed by atoms with E-state index in [1.807, 2.05) is 0 Å². The predicted octanol–water partition coefficient (Wildman–Crippen LogP) is 3.32. The maximum absolute atomic E-state index is 5.97. The van der Waals surface area contributed by atoms with Gasteiger partial charge in [0, 0.05) is 23.5 Å². The van der Waals surface area contributed by atoms with Crippen LogP contribution in [0.2, 0.25) is 0 Å². The third-order valence-corrected chi connectivity index (χ3v) is 4.51. The Morgan fingerprint density at radius 2 is 2.00 bits per heavy atom. The molecule has 1 heterocycles. The van der Waals surface area contributed by atoms with E-state index in [0.29, 0.717) is 12.0 Å². The molecular weight excluding hydrogens is 290 g/mol. The van der Waals surface area contributed by atoms with Gasteiger partial charge in [0.1, 0.15) is 5.82 Å². The molecule has 1 aromatic heterocycles. The van der Waals surface area contributed by atoms with Crippen molar-refractivity contribution >= 4 is 27.0 Å². The summed E-state index contributed by atoms with van der Waals surface area (Å²) in [5.41, 5.74) is 8.27. The first-order valence-electron chi connectivity index (χ1n) is 6.52. The van der Waals surface area contributed by atoms with Gasteiger partial charge in [-0.15, -0.1) is 0 Å². The molecule has 96 valence electrons. The third kappa shape index (κ3) is 2.08. The average molecular weight is 308 g/mol. The number of nitrogens with two attached hydrogens (primary N) is 1. The smallest absolute Gasteiger partial charge is 0.112 e. The van der Waals surface area contributed by atoms with E-state index in [1.54, 1.807) is 0 Å². The van der Waals surface area contributed by atoms with Crippen molar-refractivity contribution in [2.75, 3.05) is 0 Å². The van der Waals surface area contributed by atoms with Crippen LogP contribution in [0.15, 0.2) is 22.7 Å². The van der Waals surface area contributed by atoms with Crippen LogP contribution in [0.5, 0.6) is 0 Å². The molecule has 0 bridgehead atoms. The lowest BCUT2D eigenvalue weighted by atomic mass is 9.86. The Labute approximate surface area is 116 Å². The average Bonchev–Trinajstić information content (AvgIpc) is 2.67. The highest BCUT2D eigenvalue weighted by Crippen LogP contribution is 2.33. The summed E-state index contributed by atoms with van der Waals surface area (Å²) in [5, 5.41) is 0. The summed E-state index contributed by atoms with van der Waals surface area (Å²) in [7, 11) is 2.12. The van der Waals surface area contributed by atoms with Crippen LogP contribution < -0.4 is 5.73 Å². The van der Waals surface area contributed by atoms with Gasteiger partial charge in [0.25, 0.3) is 0 Å². The minimum atomic E-state index is 0.394. The number of aryl methyl sites for hydroxylation is 1. The minimum absolute atomic E-state index is 0.394. The lowest BCUT2D eigenvalue weighted by Crippen LogP contribution is -2.26. The van der Waals surface area contributed by atoms with Crippen molar-refractivity contribution in [2.24, 2.45) is 12.8 Å². The van der Waals surface area contributed by atoms with E-state index in [0.717, 1.165) is 22.8 Å². The number of hydrogen-bond donors (Lipinski definition) is 1. The van der Waals surface area contributed by atoms with Crippen LogP contribution in [0, 0.1) is 0 Å². The molecule has 1 aliphatic rings. The lowest BCUT2D eigenvalue weighted by molar-refractivity contribution is 0.380. The van der Waals surface area contributed by atoms with Crippen molar-refractivity contribution < 1.29 is 0 Å². The van der Waals surface area contributed by atoms with Crippen LogP contribution in [-0.2, 0) is 7.05 Å². The second kappa shape index (κ2) is 4.67. The molecule has 3 rings (SSSR count). The Bertz CT molecular complexity index is 568. The molecule has 2 aromatic rings. The Morgan fingerprint density at radius 1 is 1.28 bits per heavy atom. The molecule has 1 aliphatic carbocycles. The van der Waals surface area contributed by atoms with Crippen LogP contribution >= 0.6 is 15.9 Å². The van der Waals surface area contributed by atoms with Gasteiger partial charge in [-0.3, -0.25) is 0 Å². The highest BCUT2D eigenvalue weighted by atomic mass is 79.9. The molecule has 2 N–H and O–H groups in total. The maximum atomic E-state index is 5.97. The van der Waals surface area contributed by atoms with E-state index in [9.17, 15) is 0 Å². The van der Waals surface area contributed by atoms with E-state index in [4.69, 9.17) is 10.7 Å². The molecule has 0 amide bonds. The zero-order chi connectivity index (χ0) is 12.7. The molecule has 0 spiro atoms. The van der Waals surface area contributed by atoms with E-state index in [-0.39, 0.29) is 0 Å². The van der Waals surface area contributed by atoms with Gasteiger partial charge >= 0.3 is 0 Å². The van der Waals surface area contributed by atoms with Crippen molar-refractivity contribution in [3.05, 3.63) is 28.5 Å². The fourth-order valence-corrected chi connectivity index (χ4v) is 3.28. The topological polar surface area (TPSA) is 43.8 Å². The number of nitrogens with zero attached hydrogens (tertiary/aromatic N) is 2. The van der Waals surface area contributed by atoms with Gasteiger partial charge in [-0.05, 0) is 43.9 Å².